The van der Waals surface area contributed by atoms with Crippen LogP contribution in [0.5, 0.6) is 0 Å². The van der Waals surface area contributed by atoms with Crippen molar-refractivity contribution in [3.63, 3.8) is 0 Å². The van der Waals surface area contributed by atoms with Gasteiger partial charge in [0.05, 0.1) is 12.2 Å². The number of rotatable bonds is 3. The maximum Gasteiger partial charge on any atom is 0.240 e. The zero-order chi connectivity index (χ0) is 16.4. The summed E-state index contributed by atoms with van der Waals surface area (Å²) in [5.41, 5.74) is 0.575. The van der Waals surface area contributed by atoms with Crippen LogP contribution in [-0.4, -0.2) is 41.2 Å². The number of hydrogen-bond donors (Lipinski definition) is 0. The standard InChI is InChI=1S/C17H23FN4O/c1-17(2,3)16-19-15(23-20-16)12-21-8-10-22(11-9-21)14-7-5-4-6-13(14)18/h4-7H,8-12H2,1-3H3. The van der Waals surface area contributed by atoms with Gasteiger partial charge in [0.1, 0.15) is 5.82 Å². The molecule has 23 heavy (non-hydrogen) atoms. The molecule has 3 rings (SSSR count). The molecule has 5 nitrogen and oxygen atoms in total. The van der Waals surface area contributed by atoms with Gasteiger partial charge in [0.25, 0.3) is 0 Å². The number of halogens is 1. The van der Waals surface area contributed by atoms with Crippen LogP contribution in [0.1, 0.15) is 32.5 Å². The maximum atomic E-state index is 13.8. The van der Waals surface area contributed by atoms with E-state index in [-0.39, 0.29) is 11.2 Å². The Morgan fingerprint density at radius 2 is 1.83 bits per heavy atom. The van der Waals surface area contributed by atoms with Crippen molar-refractivity contribution in [1.82, 2.24) is 15.0 Å². The van der Waals surface area contributed by atoms with Gasteiger partial charge in [-0.3, -0.25) is 4.90 Å². The number of anilines is 1. The minimum Gasteiger partial charge on any atom is -0.367 e. The molecule has 1 aromatic carbocycles. The van der Waals surface area contributed by atoms with Crippen molar-refractivity contribution in [2.24, 2.45) is 0 Å². The Morgan fingerprint density at radius 1 is 1.13 bits per heavy atom. The summed E-state index contributed by atoms with van der Waals surface area (Å²) < 4.78 is 19.2. The van der Waals surface area contributed by atoms with Gasteiger partial charge < -0.3 is 9.42 Å². The van der Waals surface area contributed by atoms with Crippen molar-refractivity contribution in [1.29, 1.82) is 0 Å². The maximum absolute atomic E-state index is 13.8. The minimum absolute atomic E-state index is 0.106. The number of hydrogen-bond acceptors (Lipinski definition) is 5. The normalized spacial score (nSPS) is 16.8. The molecule has 0 N–H and O–H groups in total. The van der Waals surface area contributed by atoms with Gasteiger partial charge in [-0.25, -0.2) is 4.39 Å². The van der Waals surface area contributed by atoms with Gasteiger partial charge in [-0.1, -0.05) is 38.1 Å². The highest BCUT2D eigenvalue weighted by atomic mass is 19.1. The van der Waals surface area contributed by atoms with Gasteiger partial charge in [0, 0.05) is 31.6 Å². The summed E-state index contributed by atoms with van der Waals surface area (Å²) in [6.07, 6.45) is 0. The van der Waals surface area contributed by atoms with Gasteiger partial charge in [-0.05, 0) is 12.1 Å². The first-order chi connectivity index (χ1) is 10.9. The molecule has 6 heteroatoms. The molecule has 0 spiro atoms. The van der Waals surface area contributed by atoms with Crippen molar-refractivity contribution < 1.29 is 8.91 Å². The van der Waals surface area contributed by atoms with E-state index >= 15 is 0 Å². The second-order valence-electron chi connectivity index (χ2n) is 6.98. The average molecular weight is 318 g/mol. The molecule has 0 unspecified atom stereocenters. The van der Waals surface area contributed by atoms with Crippen LogP contribution in [0.25, 0.3) is 0 Å². The molecule has 2 aromatic rings. The van der Waals surface area contributed by atoms with E-state index in [1.807, 2.05) is 12.1 Å². The third-order valence-electron chi connectivity index (χ3n) is 4.06. The number of nitrogens with zero attached hydrogens (tertiary/aromatic N) is 4. The summed E-state index contributed by atoms with van der Waals surface area (Å²) in [5.74, 6) is 1.22. The molecular formula is C17H23FN4O. The zero-order valence-corrected chi connectivity index (χ0v) is 13.9. The molecule has 1 aromatic heterocycles. The number of benzene rings is 1. The van der Waals surface area contributed by atoms with Gasteiger partial charge >= 0.3 is 0 Å². The van der Waals surface area contributed by atoms with Crippen LogP contribution >= 0.6 is 0 Å². The first-order valence-electron chi connectivity index (χ1n) is 7.98. The molecule has 2 heterocycles. The van der Waals surface area contributed by atoms with Gasteiger partial charge in [0.2, 0.25) is 5.89 Å². The predicted molar refractivity (Wildman–Crippen MR) is 86.9 cm³/mol. The summed E-state index contributed by atoms with van der Waals surface area (Å²) in [7, 11) is 0. The van der Waals surface area contributed by atoms with Crippen LogP contribution in [0.15, 0.2) is 28.8 Å². The van der Waals surface area contributed by atoms with Crippen molar-refractivity contribution >= 4 is 5.69 Å². The second-order valence-corrected chi connectivity index (χ2v) is 6.98. The van der Waals surface area contributed by atoms with Crippen LogP contribution in [-0.2, 0) is 12.0 Å². The molecule has 124 valence electrons. The number of para-hydroxylation sites is 1. The van der Waals surface area contributed by atoms with Crippen molar-refractivity contribution in [2.45, 2.75) is 32.7 Å². The molecule has 1 aliphatic heterocycles. The van der Waals surface area contributed by atoms with E-state index in [9.17, 15) is 4.39 Å². The molecule has 0 bridgehead atoms. The average Bonchev–Trinajstić information content (AvgIpc) is 2.97. The predicted octanol–water partition coefficient (Wildman–Crippen LogP) is 2.83. The smallest absolute Gasteiger partial charge is 0.240 e. The Labute approximate surface area is 136 Å². The van der Waals surface area contributed by atoms with Crippen LogP contribution in [0.4, 0.5) is 10.1 Å². The summed E-state index contributed by atoms with van der Waals surface area (Å²) in [6.45, 7) is 10.1. The molecule has 1 fully saturated rings. The fourth-order valence-corrected chi connectivity index (χ4v) is 2.67. The Kier molecular flexibility index (Phi) is 4.35. The van der Waals surface area contributed by atoms with Crippen LogP contribution in [0, 0.1) is 5.82 Å². The molecule has 0 atom stereocenters. The van der Waals surface area contributed by atoms with Gasteiger partial charge in [0.15, 0.2) is 5.82 Å². The van der Waals surface area contributed by atoms with Crippen LogP contribution in [0.2, 0.25) is 0 Å². The Hall–Kier alpha value is -1.95. The van der Waals surface area contributed by atoms with E-state index in [1.165, 1.54) is 6.07 Å². The van der Waals surface area contributed by atoms with Crippen molar-refractivity contribution in [3.05, 3.63) is 41.8 Å². The van der Waals surface area contributed by atoms with Crippen molar-refractivity contribution in [2.75, 3.05) is 31.1 Å². The largest absolute Gasteiger partial charge is 0.367 e. The topological polar surface area (TPSA) is 45.4 Å². The highest BCUT2D eigenvalue weighted by molar-refractivity contribution is 5.47. The lowest BCUT2D eigenvalue weighted by molar-refractivity contribution is 0.214. The van der Waals surface area contributed by atoms with Gasteiger partial charge in [-0.15, -0.1) is 0 Å². The molecule has 0 aliphatic carbocycles. The van der Waals surface area contributed by atoms with E-state index in [4.69, 9.17) is 4.52 Å². The highest BCUT2D eigenvalue weighted by Crippen LogP contribution is 2.21. The van der Waals surface area contributed by atoms with Crippen LogP contribution < -0.4 is 4.90 Å². The Bertz CT molecular complexity index is 657. The van der Waals surface area contributed by atoms with Gasteiger partial charge in [-0.2, -0.15) is 4.98 Å². The highest BCUT2D eigenvalue weighted by Gasteiger charge is 2.24. The molecular weight excluding hydrogens is 295 g/mol. The fourth-order valence-electron chi connectivity index (χ4n) is 2.67. The zero-order valence-electron chi connectivity index (χ0n) is 13.9. The Balaban J connectivity index is 1.57. The monoisotopic (exact) mass is 318 g/mol. The minimum atomic E-state index is -0.160. The molecule has 0 saturated carbocycles. The molecule has 0 amide bonds. The van der Waals surface area contributed by atoms with E-state index in [0.29, 0.717) is 18.1 Å². The van der Waals surface area contributed by atoms with E-state index in [0.717, 1.165) is 32.0 Å². The number of aromatic nitrogens is 2. The summed E-state index contributed by atoms with van der Waals surface area (Å²) >= 11 is 0. The molecule has 1 aliphatic rings. The molecule has 1 saturated heterocycles. The third-order valence-corrected chi connectivity index (χ3v) is 4.06. The lowest BCUT2D eigenvalue weighted by Gasteiger charge is -2.35. The Morgan fingerprint density at radius 3 is 2.43 bits per heavy atom. The third kappa shape index (κ3) is 3.69. The summed E-state index contributed by atoms with van der Waals surface area (Å²) in [5, 5.41) is 4.05. The SMILES string of the molecule is CC(C)(C)c1noc(CN2CCN(c3ccccc3F)CC2)n1. The lowest BCUT2D eigenvalue weighted by atomic mass is 9.96. The van der Waals surface area contributed by atoms with E-state index < -0.39 is 0 Å². The lowest BCUT2D eigenvalue weighted by Crippen LogP contribution is -2.46. The first kappa shape index (κ1) is 15.9. The van der Waals surface area contributed by atoms with E-state index in [1.54, 1.807) is 6.07 Å². The first-order valence-corrected chi connectivity index (χ1v) is 7.98. The summed E-state index contributed by atoms with van der Waals surface area (Å²) in [6, 6.07) is 6.93. The van der Waals surface area contributed by atoms with E-state index in [2.05, 4.69) is 40.7 Å². The van der Waals surface area contributed by atoms with Crippen molar-refractivity contribution in [3.8, 4) is 0 Å². The second kappa shape index (κ2) is 6.28. The number of piperazine rings is 1. The summed E-state index contributed by atoms with van der Waals surface area (Å²) in [4.78, 5) is 8.82. The fraction of sp³-hybridized carbons (Fsp3) is 0.529. The molecule has 0 radical (unpaired) electrons. The quantitative estimate of drug-likeness (QED) is 0.871. The van der Waals surface area contributed by atoms with Crippen LogP contribution in [0.3, 0.4) is 0 Å².